The molecule has 1 unspecified atom stereocenters. The molecule has 2 saturated heterocycles. The van der Waals surface area contributed by atoms with Crippen LogP contribution in [0, 0.1) is 5.92 Å². The number of carbonyl (C=O) groups is 3. The van der Waals surface area contributed by atoms with Crippen molar-refractivity contribution < 1.29 is 37.8 Å². The van der Waals surface area contributed by atoms with Gasteiger partial charge in [0.15, 0.2) is 0 Å². The molecule has 2 heterocycles. The van der Waals surface area contributed by atoms with E-state index in [1.165, 1.54) is 19.2 Å². The molecule has 216 valence electrons. The molecule has 0 spiro atoms. The second kappa shape index (κ2) is 13.9. The second-order valence-corrected chi connectivity index (χ2v) is 12.0. The molecule has 2 fully saturated rings. The van der Waals surface area contributed by atoms with Gasteiger partial charge in [-0.1, -0.05) is 55.0 Å². The summed E-state index contributed by atoms with van der Waals surface area (Å²) in [5, 5.41) is 3.07. The summed E-state index contributed by atoms with van der Waals surface area (Å²) in [7, 11) is -2.87. The van der Waals surface area contributed by atoms with Gasteiger partial charge >= 0.3 is 19.7 Å². The smallest absolute Gasteiger partial charge is 0.410 e. The third kappa shape index (κ3) is 7.50. The maximum absolute atomic E-state index is 13.5. The molecular formula is C29H37N2O8P. The number of rotatable bonds is 12. The van der Waals surface area contributed by atoms with Crippen molar-refractivity contribution in [3.63, 3.8) is 0 Å². The number of nitrogens with one attached hydrogen (secondary N) is 1. The van der Waals surface area contributed by atoms with E-state index in [2.05, 4.69) is 10.1 Å². The lowest BCUT2D eigenvalue weighted by Gasteiger charge is -2.43. The van der Waals surface area contributed by atoms with Gasteiger partial charge in [-0.2, -0.15) is 0 Å². The maximum atomic E-state index is 13.5. The van der Waals surface area contributed by atoms with Crippen LogP contribution in [0.4, 0.5) is 4.79 Å². The number of unbranched alkanes of at least 4 members (excludes halogenated alkanes) is 2. The molecule has 0 aliphatic carbocycles. The van der Waals surface area contributed by atoms with E-state index in [0.29, 0.717) is 38.6 Å². The van der Waals surface area contributed by atoms with Crippen LogP contribution in [0.2, 0.25) is 0 Å². The summed E-state index contributed by atoms with van der Waals surface area (Å²) in [5.74, 6) is -1.45. The third-order valence-corrected chi connectivity index (χ3v) is 9.04. The average molecular weight is 573 g/mol. The topological polar surface area (TPSA) is 131 Å². The van der Waals surface area contributed by atoms with Gasteiger partial charge in [0.25, 0.3) is 0 Å². The number of amides is 2. The largest absolute Gasteiger partial charge is 0.469 e. The van der Waals surface area contributed by atoms with Gasteiger partial charge in [0.2, 0.25) is 5.91 Å². The van der Waals surface area contributed by atoms with Crippen LogP contribution in [-0.4, -0.2) is 59.6 Å². The Hall–Kier alpha value is -3.20. The van der Waals surface area contributed by atoms with E-state index in [0.717, 1.165) is 12.0 Å². The normalized spacial score (nSPS) is 23.2. The molecule has 2 aromatic carbocycles. The first-order valence-corrected chi connectivity index (χ1v) is 15.3. The van der Waals surface area contributed by atoms with Crippen LogP contribution in [0.15, 0.2) is 60.7 Å². The lowest BCUT2D eigenvalue weighted by molar-refractivity contribution is -0.140. The van der Waals surface area contributed by atoms with Crippen molar-refractivity contribution in [2.75, 3.05) is 13.7 Å². The van der Waals surface area contributed by atoms with Crippen molar-refractivity contribution >= 4 is 30.9 Å². The average Bonchev–Trinajstić information content (AvgIpc) is 3.28. The zero-order chi connectivity index (χ0) is 28.5. The molecule has 2 amide bonds. The Morgan fingerprint density at radius 2 is 1.70 bits per heavy atom. The summed E-state index contributed by atoms with van der Waals surface area (Å²) in [6.45, 7) is 0.477. The first-order valence-electron chi connectivity index (χ1n) is 13.7. The molecule has 2 bridgehead atoms. The summed E-state index contributed by atoms with van der Waals surface area (Å²) >= 11 is 0. The molecule has 0 saturated carbocycles. The predicted molar refractivity (Wildman–Crippen MR) is 148 cm³/mol. The molecule has 4 rings (SSSR count). The van der Waals surface area contributed by atoms with Crippen LogP contribution in [0.25, 0.3) is 0 Å². The molecule has 2 aliphatic heterocycles. The Balaban J connectivity index is 1.45. The summed E-state index contributed by atoms with van der Waals surface area (Å²) < 4.78 is 29.3. The van der Waals surface area contributed by atoms with Crippen molar-refractivity contribution in [1.82, 2.24) is 10.2 Å². The van der Waals surface area contributed by atoms with E-state index < -0.39 is 31.8 Å². The van der Waals surface area contributed by atoms with Gasteiger partial charge in [-0.25, -0.2) is 4.79 Å². The van der Waals surface area contributed by atoms with Crippen LogP contribution in [0.5, 0.6) is 0 Å². The first kappa shape index (κ1) is 29.8. The van der Waals surface area contributed by atoms with E-state index in [1.54, 1.807) is 23.1 Å². The quantitative estimate of drug-likeness (QED) is 0.222. The van der Waals surface area contributed by atoms with Crippen molar-refractivity contribution in [2.45, 2.75) is 69.7 Å². The van der Waals surface area contributed by atoms with E-state index >= 15 is 0 Å². The van der Waals surface area contributed by atoms with Gasteiger partial charge in [0.1, 0.15) is 6.61 Å². The van der Waals surface area contributed by atoms with Gasteiger partial charge in [0, 0.05) is 25.0 Å². The van der Waals surface area contributed by atoms with Crippen LogP contribution in [0.3, 0.4) is 0 Å². The number of nitrogens with zero attached hydrogens (tertiary/aromatic N) is 1. The molecular weight excluding hydrogens is 535 g/mol. The Labute approximate surface area is 234 Å². The highest BCUT2D eigenvalue weighted by atomic mass is 31.2. The molecule has 0 aromatic heterocycles. The highest BCUT2D eigenvalue weighted by Crippen LogP contribution is 2.49. The van der Waals surface area contributed by atoms with Crippen LogP contribution < -0.4 is 10.6 Å². The second-order valence-electron chi connectivity index (χ2n) is 10.2. The number of ether oxygens (including phenoxy) is 2. The molecule has 11 heteroatoms. The van der Waals surface area contributed by atoms with Gasteiger partial charge in [-0.05, 0) is 49.8 Å². The number of carbonyl (C=O) groups excluding carboxylic acids is 3. The molecule has 2 aliphatic rings. The van der Waals surface area contributed by atoms with Crippen LogP contribution in [-0.2, 0) is 34.8 Å². The fourth-order valence-corrected chi connectivity index (χ4v) is 6.81. The number of fused-ring (bicyclic) bond motifs is 2. The minimum absolute atomic E-state index is 0.109. The van der Waals surface area contributed by atoms with Gasteiger partial charge in [0.05, 0.1) is 24.4 Å². The van der Waals surface area contributed by atoms with Crippen molar-refractivity contribution in [2.24, 2.45) is 5.92 Å². The predicted octanol–water partition coefficient (Wildman–Crippen LogP) is 3.92. The minimum atomic E-state index is -4.22. The number of piperidine rings is 1. The lowest BCUT2D eigenvalue weighted by atomic mass is 9.87. The first-order chi connectivity index (χ1) is 19.3. The van der Waals surface area contributed by atoms with Crippen molar-refractivity contribution in [3.8, 4) is 0 Å². The Morgan fingerprint density at radius 3 is 2.40 bits per heavy atom. The fourth-order valence-electron chi connectivity index (χ4n) is 5.55. The van der Waals surface area contributed by atoms with Gasteiger partial charge < -0.3 is 29.1 Å². The van der Waals surface area contributed by atoms with E-state index in [-0.39, 0.29) is 36.3 Å². The maximum Gasteiger partial charge on any atom is 0.410 e. The molecule has 2 N–H and O–H groups in total. The third-order valence-electron chi connectivity index (χ3n) is 7.53. The minimum Gasteiger partial charge on any atom is -0.469 e. The van der Waals surface area contributed by atoms with Crippen LogP contribution in [0.1, 0.15) is 50.5 Å². The molecule has 2 aromatic rings. The van der Waals surface area contributed by atoms with Gasteiger partial charge in [-0.3, -0.25) is 14.2 Å². The molecule has 10 nitrogen and oxygen atoms in total. The highest BCUT2D eigenvalue weighted by molar-refractivity contribution is 7.61. The van der Waals surface area contributed by atoms with Crippen molar-refractivity contribution in [1.29, 1.82) is 0 Å². The Bertz CT molecular complexity index is 1200. The zero-order valence-electron chi connectivity index (χ0n) is 22.6. The SMILES string of the molecule is COC(=O)CCCCCNC(=O)[C@H]1[C@@H](OP(=O)(O)c2ccccc2)C[C@@H]2CC[C@H]1N2C(=O)OCc1ccccc1. The number of hydrogen-bond donors (Lipinski definition) is 2. The van der Waals surface area contributed by atoms with E-state index in [9.17, 15) is 23.8 Å². The molecule has 5 atom stereocenters. The summed E-state index contributed by atoms with van der Waals surface area (Å²) in [4.78, 5) is 50.5. The number of hydrogen-bond acceptors (Lipinski definition) is 7. The Morgan fingerprint density at radius 1 is 1.00 bits per heavy atom. The summed E-state index contributed by atoms with van der Waals surface area (Å²) in [6, 6.07) is 16.7. The molecule has 40 heavy (non-hydrogen) atoms. The van der Waals surface area contributed by atoms with E-state index in [4.69, 9.17) is 9.26 Å². The van der Waals surface area contributed by atoms with Crippen LogP contribution >= 0.6 is 7.60 Å². The highest BCUT2D eigenvalue weighted by Gasteiger charge is 2.54. The summed E-state index contributed by atoms with van der Waals surface area (Å²) in [6.07, 6.45) is 2.42. The van der Waals surface area contributed by atoms with E-state index in [1.807, 2.05) is 30.3 Å². The summed E-state index contributed by atoms with van der Waals surface area (Å²) in [5.41, 5.74) is 0.854. The fraction of sp³-hybridized carbons (Fsp3) is 0.483. The monoisotopic (exact) mass is 572 g/mol. The lowest BCUT2D eigenvalue weighted by Crippen LogP contribution is -2.58. The number of benzene rings is 2. The van der Waals surface area contributed by atoms with Crippen molar-refractivity contribution in [3.05, 3.63) is 66.2 Å². The Kier molecular flexibility index (Phi) is 10.4. The van der Waals surface area contributed by atoms with Gasteiger partial charge in [-0.15, -0.1) is 0 Å². The number of methoxy groups -OCH3 is 1. The molecule has 0 radical (unpaired) electrons. The number of esters is 1. The standard InChI is InChI=1S/C29H37N2O8P/c1-37-26(32)15-9-4-10-18-30-28(33)27-24-17-16-22(31(24)29(34)38-20-21-11-5-2-6-12-21)19-25(27)39-40(35,36)23-13-7-3-8-14-23/h2-3,5-8,11-14,22,24-25,27H,4,9-10,15-20H2,1H3,(H,30,33)(H,35,36)/t22-,24+,25-,27+/m0/s1. The zero-order valence-corrected chi connectivity index (χ0v) is 23.5.